The van der Waals surface area contributed by atoms with Gasteiger partial charge in [-0.15, -0.1) is 0 Å². The first-order chi connectivity index (χ1) is 18.3. The van der Waals surface area contributed by atoms with Crippen molar-refractivity contribution >= 4 is 40.1 Å². The van der Waals surface area contributed by atoms with Crippen LogP contribution in [0.25, 0.3) is 0 Å². The summed E-state index contributed by atoms with van der Waals surface area (Å²) in [6.07, 6.45) is 0.539. The molecule has 0 saturated heterocycles. The molecule has 2 aliphatic rings. The number of ether oxygens (including phenoxy) is 1. The fourth-order valence-corrected chi connectivity index (χ4v) is 5.68. The third-order valence-corrected chi connectivity index (χ3v) is 7.53. The number of aliphatic imine (C=N–C) groups is 1. The lowest BCUT2D eigenvalue weighted by Crippen LogP contribution is -2.25. The normalized spacial score (nSPS) is 18.8. The molecule has 0 radical (unpaired) electrons. The van der Waals surface area contributed by atoms with E-state index in [1.54, 1.807) is 24.3 Å². The molecule has 0 aliphatic carbocycles. The molecule has 9 heteroatoms. The Balaban J connectivity index is 1.35. The number of amidine groups is 1. The number of aryl methyl sites for hydroxylation is 2. The van der Waals surface area contributed by atoms with Crippen LogP contribution in [0.5, 0.6) is 5.75 Å². The molecule has 0 bridgehead atoms. The van der Waals surface area contributed by atoms with Crippen molar-refractivity contribution in [3.8, 4) is 5.75 Å². The maximum Gasteiger partial charge on any atom is 0.262 e. The third-order valence-electron chi connectivity index (χ3n) is 6.39. The van der Waals surface area contributed by atoms with Gasteiger partial charge in [-0.1, -0.05) is 30.0 Å². The maximum absolute atomic E-state index is 13.6. The van der Waals surface area contributed by atoms with Crippen LogP contribution < -0.4 is 10.1 Å². The Hall–Kier alpha value is -3.98. The second-order valence-electron chi connectivity index (χ2n) is 9.36. The number of rotatable bonds is 6. The van der Waals surface area contributed by atoms with E-state index in [1.165, 1.54) is 23.9 Å². The highest BCUT2D eigenvalue weighted by atomic mass is 32.2. The molecule has 3 aromatic carbocycles. The van der Waals surface area contributed by atoms with E-state index < -0.39 is 5.25 Å². The maximum atomic E-state index is 13.6. The Kier molecular flexibility index (Phi) is 7.28. The minimum Gasteiger partial charge on any atom is -0.497 e. The van der Waals surface area contributed by atoms with Crippen LogP contribution in [0.2, 0.25) is 0 Å². The van der Waals surface area contributed by atoms with Gasteiger partial charge in [0.15, 0.2) is 5.17 Å². The van der Waals surface area contributed by atoms with E-state index in [2.05, 4.69) is 10.3 Å². The summed E-state index contributed by atoms with van der Waals surface area (Å²) in [5.41, 5.74) is 5.37. The van der Waals surface area contributed by atoms with Crippen LogP contribution >= 0.6 is 11.8 Å². The number of amides is 2. The van der Waals surface area contributed by atoms with Crippen molar-refractivity contribution in [1.29, 1.82) is 0 Å². The molecule has 2 atom stereocenters. The van der Waals surface area contributed by atoms with Gasteiger partial charge in [-0.2, -0.15) is 10.1 Å². The third kappa shape index (κ3) is 5.62. The van der Waals surface area contributed by atoms with Crippen molar-refractivity contribution in [2.45, 2.75) is 38.0 Å². The van der Waals surface area contributed by atoms with Crippen molar-refractivity contribution < 1.29 is 18.7 Å². The number of hydrazone groups is 1. The Labute approximate surface area is 224 Å². The van der Waals surface area contributed by atoms with E-state index in [-0.39, 0.29) is 30.1 Å². The quantitative estimate of drug-likeness (QED) is 0.447. The smallest absolute Gasteiger partial charge is 0.262 e. The number of carbonyl (C=O) groups is 2. The first-order valence-electron chi connectivity index (χ1n) is 12.2. The summed E-state index contributed by atoms with van der Waals surface area (Å²) < 4.78 is 18.9. The molecule has 2 aliphatic heterocycles. The number of methoxy groups -OCH3 is 1. The van der Waals surface area contributed by atoms with Gasteiger partial charge in [0, 0.05) is 18.5 Å². The molecular weight excluding hydrogens is 503 g/mol. The predicted octanol–water partition coefficient (Wildman–Crippen LogP) is 5.63. The van der Waals surface area contributed by atoms with Gasteiger partial charge in [0.25, 0.3) is 5.91 Å². The van der Waals surface area contributed by atoms with Gasteiger partial charge in [0.05, 0.1) is 18.9 Å². The van der Waals surface area contributed by atoms with E-state index in [0.29, 0.717) is 17.3 Å². The van der Waals surface area contributed by atoms with Gasteiger partial charge in [0.2, 0.25) is 5.91 Å². The highest BCUT2D eigenvalue weighted by Crippen LogP contribution is 2.39. The zero-order chi connectivity index (χ0) is 26.8. The molecular formula is C29H27FN4O3S. The number of hydrogen-bond acceptors (Lipinski definition) is 6. The van der Waals surface area contributed by atoms with Gasteiger partial charge < -0.3 is 10.1 Å². The molecule has 0 aromatic heterocycles. The standard InChI is InChI=1S/C29H27FN4O3S/c1-17-12-18(2)14-22(13-17)31-27(35)16-26-28(36)32-29(38-26)34-25(20-4-8-21(30)9-5-20)15-24(33-34)19-6-10-23(37-3)11-7-19/h4-14,25-26H,15-16H2,1-3H3,(H,31,35). The second kappa shape index (κ2) is 10.8. The van der Waals surface area contributed by atoms with Crippen molar-refractivity contribution in [1.82, 2.24) is 5.01 Å². The monoisotopic (exact) mass is 530 g/mol. The van der Waals surface area contributed by atoms with Crippen LogP contribution in [0.1, 0.15) is 41.1 Å². The SMILES string of the molecule is COc1ccc(C2=NN(C3=NC(=O)C(CC(=O)Nc4cc(C)cc(C)c4)S3)C(c3ccc(F)cc3)C2)cc1. The van der Waals surface area contributed by atoms with E-state index in [9.17, 15) is 14.0 Å². The molecule has 0 saturated carbocycles. The van der Waals surface area contributed by atoms with Gasteiger partial charge in [-0.25, -0.2) is 9.40 Å². The lowest BCUT2D eigenvalue weighted by Gasteiger charge is -2.23. The topological polar surface area (TPSA) is 83.4 Å². The van der Waals surface area contributed by atoms with Crippen molar-refractivity contribution in [2.24, 2.45) is 10.1 Å². The molecule has 2 unspecified atom stereocenters. The summed E-state index contributed by atoms with van der Waals surface area (Å²) in [7, 11) is 1.61. The van der Waals surface area contributed by atoms with Crippen molar-refractivity contribution in [3.05, 3.63) is 94.8 Å². The lowest BCUT2D eigenvalue weighted by molar-refractivity contribution is -0.121. The molecule has 1 N–H and O–H groups in total. The number of halogens is 1. The fourth-order valence-electron chi connectivity index (χ4n) is 4.62. The Morgan fingerprint density at radius 2 is 1.76 bits per heavy atom. The minimum absolute atomic E-state index is 0.00635. The lowest BCUT2D eigenvalue weighted by atomic mass is 9.98. The molecule has 2 amide bonds. The molecule has 5 rings (SSSR count). The summed E-state index contributed by atoms with van der Waals surface area (Å²) in [4.78, 5) is 29.9. The summed E-state index contributed by atoms with van der Waals surface area (Å²) in [6.45, 7) is 3.93. The highest BCUT2D eigenvalue weighted by Gasteiger charge is 2.39. The number of carbonyl (C=O) groups excluding carboxylic acids is 2. The number of benzene rings is 3. The number of nitrogens with one attached hydrogen (secondary N) is 1. The van der Waals surface area contributed by atoms with Gasteiger partial charge in [-0.3, -0.25) is 9.59 Å². The average molecular weight is 531 g/mol. The highest BCUT2D eigenvalue weighted by molar-refractivity contribution is 8.15. The number of thioether (sulfide) groups is 1. The minimum atomic E-state index is -0.648. The summed E-state index contributed by atoms with van der Waals surface area (Å²) in [6, 6.07) is 19.4. The van der Waals surface area contributed by atoms with E-state index in [1.807, 2.05) is 56.3 Å². The van der Waals surface area contributed by atoms with E-state index in [4.69, 9.17) is 9.84 Å². The van der Waals surface area contributed by atoms with Gasteiger partial charge in [-0.05, 0) is 84.6 Å². The van der Waals surface area contributed by atoms with Gasteiger partial charge >= 0.3 is 0 Å². The fraction of sp³-hybridized carbons (Fsp3) is 0.241. The molecule has 38 heavy (non-hydrogen) atoms. The van der Waals surface area contributed by atoms with Crippen LogP contribution in [0.4, 0.5) is 10.1 Å². The summed E-state index contributed by atoms with van der Waals surface area (Å²) in [5, 5.41) is 9.21. The molecule has 194 valence electrons. The van der Waals surface area contributed by atoms with Crippen molar-refractivity contribution in [2.75, 3.05) is 12.4 Å². The molecule has 3 aromatic rings. The second-order valence-corrected chi connectivity index (χ2v) is 10.5. The molecule has 7 nitrogen and oxygen atoms in total. The zero-order valence-electron chi connectivity index (χ0n) is 21.3. The van der Waals surface area contributed by atoms with E-state index in [0.717, 1.165) is 33.7 Å². The Morgan fingerprint density at radius 1 is 1.08 bits per heavy atom. The van der Waals surface area contributed by atoms with Crippen LogP contribution in [0.15, 0.2) is 76.8 Å². The summed E-state index contributed by atoms with van der Waals surface area (Å²) >= 11 is 1.23. The molecule has 2 heterocycles. The number of anilines is 1. The van der Waals surface area contributed by atoms with Crippen LogP contribution in [0, 0.1) is 19.7 Å². The number of hydrogen-bond donors (Lipinski definition) is 1. The van der Waals surface area contributed by atoms with E-state index >= 15 is 0 Å². The van der Waals surface area contributed by atoms with Crippen LogP contribution in [-0.4, -0.2) is 40.1 Å². The Morgan fingerprint density at radius 3 is 2.42 bits per heavy atom. The summed E-state index contributed by atoms with van der Waals surface area (Å²) in [5.74, 6) is -0.211. The van der Waals surface area contributed by atoms with Crippen LogP contribution in [0.3, 0.4) is 0 Å². The largest absolute Gasteiger partial charge is 0.497 e. The van der Waals surface area contributed by atoms with Gasteiger partial charge in [0.1, 0.15) is 16.8 Å². The first kappa shape index (κ1) is 25.7. The predicted molar refractivity (Wildman–Crippen MR) is 148 cm³/mol. The molecule has 0 spiro atoms. The molecule has 0 fully saturated rings. The van der Waals surface area contributed by atoms with Crippen molar-refractivity contribution in [3.63, 3.8) is 0 Å². The first-order valence-corrected chi connectivity index (χ1v) is 13.1. The average Bonchev–Trinajstić information content (AvgIpc) is 3.48. The zero-order valence-corrected chi connectivity index (χ0v) is 22.1. The Bertz CT molecular complexity index is 1420. The van der Waals surface area contributed by atoms with Crippen LogP contribution in [-0.2, 0) is 9.59 Å². The number of nitrogens with zero attached hydrogens (tertiary/aromatic N) is 3.